The first kappa shape index (κ1) is 15.8. The summed E-state index contributed by atoms with van der Waals surface area (Å²) in [5.74, 6) is -0.151. The van der Waals surface area contributed by atoms with Gasteiger partial charge in [-0.25, -0.2) is 4.39 Å². The van der Waals surface area contributed by atoms with Gasteiger partial charge in [0.1, 0.15) is 5.82 Å². The fraction of sp³-hybridized carbons (Fsp3) is 0.176. The summed E-state index contributed by atoms with van der Waals surface area (Å²) >= 11 is 1.24. The Bertz CT molecular complexity index is 929. The average molecular weight is 355 g/mol. The molecule has 0 N–H and O–H groups in total. The van der Waals surface area contributed by atoms with Crippen molar-refractivity contribution in [1.82, 2.24) is 20.2 Å². The highest BCUT2D eigenvalue weighted by Gasteiger charge is 2.24. The van der Waals surface area contributed by atoms with Crippen LogP contribution in [0.25, 0.3) is 5.69 Å². The summed E-state index contributed by atoms with van der Waals surface area (Å²) in [6, 6.07) is 13.9. The SMILES string of the molecule is O=C(CSc1nnnn1-c1cccc(F)c1)N1CCc2ccccc21. The highest BCUT2D eigenvalue weighted by atomic mass is 32.2. The van der Waals surface area contributed by atoms with E-state index >= 15 is 0 Å². The topological polar surface area (TPSA) is 63.9 Å². The maximum absolute atomic E-state index is 13.4. The van der Waals surface area contributed by atoms with Crippen LogP contribution < -0.4 is 4.90 Å². The van der Waals surface area contributed by atoms with Gasteiger partial charge in [0.25, 0.3) is 0 Å². The van der Waals surface area contributed by atoms with Crippen LogP contribution in [-0.2, 0) is 11.2 Å². The Labute approximate surface area is 147 Å². The van der Waals surface area contributed by atoms with Crippen molar-refractivity contribution in [2.24, 2.45) is 0 Å². The molecule has 0 aliphatic carbocycles. The Morgan fingerprint density at radius 2 is 2.08 bits per heavy atom. The van der Waals surface area contributed by atoms with E-state index in [1.165, 1.54) is 34.1 Å². The molecule has 0 unspecified atom stereocenters. The third-order valence-electron chi connectivity index (χ3n) is 4.01. The third kappa shape index (κ3) is 3.12. The van der Waals surface area contributed by atoms with Crippen LogP contribution in [0.15, 0.2) is 53.7 Å². The molecule has 6 nitrogen and oxygen atoms in total. The summed E-state index contributed by atoms with van der Waals surface area (Å²) in [4.78, 5) is 14.4. The summed E-state index contributed by atoms with van der Waals surface area (Å²) in [5, 5.41) is 11.9. The number of carbonyl (C=O) groups is 1. The number of hydrogen-bond donors (Lipinski definition) is 0. The van der Waals surface area contributed by atoms with Crippen LogP contribution in [0, 0.1) is 5.82 Å². The van der Waals surface area contributed by atoms with Gasteiger partial charge < -0.3 is 4.90 Å². The van der Waals surface area contributed by atoms with Gasteiger partial charge >= 0.3 is 0 Å². The molecule has 0 fully saturated rings. The lowest BCUT2D eigenvalue weighted by atomic mass is 10.2. The smallest absolute Gasteiger partial charge is 0.237 e. The average Bonchev–Trinajstić information content (AvgIpc) is 3.26. The Morgan fingerprint density at radius 3 is 2.96 bits per heavy atom. The van der Waals surface area contributed by atoms with Gasteiger partial charge in [0, 0.05) is 12.2 Å². The fourth-order valence-electron chi connectivity index (χ4n) is 2.84. The van der Waals surface area contributed by atoms with E-state index in [1.807, 2.05) is 24.3 Å². The van der Waals surface area contributed by atoms with E-state index in [9.17, 15) is 9.18 Å². The van der Waals surface area contributed by atoms with Gasteiger partial charge in [0.2, 0.25) is 11.1 Å². The molecular formula is C17H14FN5OS. The summed E-state index contributed by atoms with van der Waals surface area (Å²) in [6.07, 6.45) is 0.869. The standard InChI is InChI=1S/C17H14FN5OS/c18-13-5-3-6-14(10-13)23-17(19-20-21-23)25-11-16(24)22-9-8-12-4-1-2-7-15(12)22/h1-7,10H,8-9,11H2. The lowest BCUT2D eigenvalue weighted by Crippen LogP contribution is -2.30. The molecule has 2 aromatic carbocycles. The van der Waals surface area contributed by atoms with Crippen LogP contribution in [0.1, 0.15) is 5.56 Å². The van der Waals surface area contributed by atoms with Crippen LogP contribution >= 0.6 is 11.8 Å². The Balaban J connectivity index is 1.48. The molecule has 126 valence electrons. The largest absolute Gasteiger partial charge is 0.311 e. The summed E-state index contributed by atoms with van der Waals surface area (Å²) in [7, 11) is 0. The van der Waals surface area contributed by atoms with Gasteiger partial charge in [-0.15, -0.1) is 5.10 Å². The van der Waals surface area contributed by atoms with Crippen LogP contribution in [0.3, 0.4) is 0 Å². The van der Waals surface area contributed by atoms with Crippen LogP contribution in [0.5, 0.6) is 0 Å². The lowest BCUT2D eigenvalue weighted by Gasteiger charge is -2.16. The number of nitrogens with zero attached hydrogens (tertiary/aromatic N) is 5. The van der Waals surface area contributed by atoms with E-state index < -0.39 is 0 Å². The number of anilines is 1. The molecule has 0 saturated carbocycles. The first-order chi connectivity index (χ1) is 12.2. The fourth-order valence-corrected chi connectivity index (χ4v) is 3.61. The highest BCUT2D eigenvalue weighted by molar-refractivity contribution is 7.99. The normalized spacial score (nSPS) is 13.1. The minimum Gasteiger partial charge on any atom is -0.311 e. The molecule has 2 heterocycles. The molecule has 0 spiro atoms. The van der Waals surface area contributed by atoms with Gasteiger partial charge in [0.15, 0.2) is 0 Å². The van der Waals surface area contributed by atoms with Crippen molar-refractivity contribution in [3.05, 3.63) is 59.9 Å². The third-order valence-corrected chi connectivity index (χ3v) is 4.91. The second-order valence-corrected chi connectivity index (χ2v) is 6.51. The molecule has 1 aromatic heterocycles. The number of amides is 1. The zero-order valence-electron chi connectivity index (χ0n) is 13.2. The summed E-state index contributed by atoms with van der Waals surface area (Å²) in [5.41, 5.74) is 2.68. The number of tetrazole rings is 1. The highest BCUT2D eigenvalue weighted by Crippen LogP contribution is 2.28. The van der Waals surface area contributed by atoms with E-state index in [4.69, 9.17) is 0 Å². The number of hydrogen-bond acceptors (Lipinski definition) is 5. The van der Waals surface area contributed by atoms with Gasteiger partial charge in [-0.1, -0.05) is 36.0 Å². The second kappa shape index (κ2) is 6.64. The maximum atomic E-state index is 13.4. The minimum atomic E-state index is -0.367. The summed E-state index contributed by atoms with van der Waals surface area (Å²) in [6.45, 7) is 0.688. The van der Waals surface area contributed by atoms with Crippen LogP contribution in [0.2, 0.25) is 0 Å². The number of thioether (sulfide) groups is 1. The van der Waals surface area contributed by atoms with E-state index in [1.54, 1.807) is 17.0 Å². The van der Waals surface area contributed by atoms with Crippen molar-refractivity contribution in [2.75, 3.05) is 17.2 Å². The first-order valence-corrected chi connectivity index (χ1v) is 8.76. The molecular weight excluding hydrogens is 341 g/mol. The van der Waals surface area contributed by atoms with E-state index in [-0.39, 0.29) is 17.5 Å². The molecule has 0 saturated heterocycles. The Hall–Kier alpha value is -2.74. The van der Waals surface area contributed by atoms with Crippen LogP contribution in [-0.4, -0.2) is 38.4 Å². The lowest BCUT2D eigenvalue weighted by molar-refractivity contribution is -0.116. The van der Waals surface area contributed by atoms with Crippen molar-refractivity contribution in [3.63, 3.8) is 0 Å². The first-order valence-electron chi connectivity index (χ1n) is 7.78. The molecule has 4 rings (SSSR count). The van der Waals surface area contributed by atoms with Gasteiger partial charge in [-0.3, -0.25) is 4.79 Å². The molecule has 1 amide bonds. The second-order valence-electron chi connectivity index (χ2n) is 5.57. The van der Waals surface area contributed by atoms with Crippen molar-refractivity contribution >= 4 is 23.4 Å². The van der Waals surface area contributed by atoms with E-state index in [2.05, 4.69) is 15.5 Å². The van der Waals surface area contributed by atoms with Crippen LogP contribution in [0.4, 0.5) is 10.1 Å². The molecule has 1 aliphatic rings. The predicted molar refractivity (Wildman–Crippen MR) is 92.3 cm³/mol. The van der Waals surface area contributed by atoms with Crippen molar-refractivity contribution in [3.8, 4) is 5.69 Å². The maximum Gasteiger partial charge on any atom is 0.237 e. The quantitative estimate of drug-likeness (QED) is 0.673. The number of carbonyl (C=O) groups excluding carboxylic acids is 1. The number of fused-ring (bicyclic) bond motifs is 1. The molecule has 0 bridgehead atoms. The van der Waals surface area contributed by atoms with E-state index in [0.29, 0.717) is 17.4 Å². The number of rotatable bonds is 4. The molecule has 0 atom stereocenters. The zero-order valence-corrected chi connectivity index (χ0v) is 14.0. The van der Waals surface area contributed by atoms with Gasteiger partial charge in [-0.05, 0) is 46.7 Å². The van der Waals surface area contributed by atoms with Crippen molar-refractivity contribution in [1.29, 1.82) is 0 Å². The Morgan fingerprint density at radius 1 is 1.20 bits per heavy atom. The Kier molecular flexibility index (Phi) is 4.19. The van der Waals surface area contributed by atoms with E-state index in [0.717, 1.165) is 12.1 Å². The predicted octanol–water partition coefficient (Wildman–Crippen LogP) is 2.48. The molecule has 0 radical (unpaired) electrons. The molecule has 8 heteroatoms. The van der Waals surface area contributed by atoms with Crippen molar-refractivity contribution in [2.45, 2.75) is 11.6 Å². The number of aromatic nitrogens is 4. The minimum absolute atomic E-state index is 0.00347. The monoisotopic (exact) mass is 355 g/mol. The molecule has 3 aromatic rings. The molecule has 25 heavy (non-hydrogen) atoms. The summed E-state index contributed by atoms with van der Waals surface area (Å²) < 4.78 is 14.8. The number of benzene rings is 2. The molecule has 1 aliphatic heterocycles. The van der Waals surface area contributed by atoms with Crippen molar-refractivity contribution < 1.29 is 9.18 Å². The number of halogens is 1. The van der Waals surface area contributed by atoms with Gasteiger partial charge in [-0.2, -0.15) is 4.68 Å². The van der Waals surface area contributed by atoms with Gasteiger partial charge in [0.05, 0.1) is 11.4 Å². The zero-order chi connectivity index (χ0) is 17.2. The number of para-hydroxylation sites is 1.